The number of alkyl halides is 3. The maximum atomic E-state index is 12.8. The number of aliphatic hydroxyl groups is 1. The molecule has 1 aromatic carbocycles. The molecule has 1 aromatic rings. The first-order valence-corrected chi connectivity index (χ1v) is 6.51. The second-order valence-corrected chi connectivity index (χ2v) is 5.21. The first kappa shape index (κ1) is 15.1. The highest BCUT2D eigenvalue weighted by Crippen LogP contribution is 2.37. The molecule has 0 aromatic heterocycles. The molecule has 112 valence electrons. The third-order valence-corrected chi connectivity index (χ3v) is 3.55. The minimum atomic E-state index is -4.44. The Balaban J connectivity index is 2.21. The lowest BCUT2D eigenvalue weighted by Gasteiger charge is -2.33. The summed E-state index contributed by atoms with van der Waals surface area (Å²) in [6.45, 7) is 1.31. The normalized spacial score (nSPS) is 23.6. The molecule has 1 aliphatic rings. The molecule has 1 heterocycles. The van der Waals surface area contributed by atoms with E-state index in [4.69, 9.17) is 4.74 Å². The van der Waals surface area contributed by atoms with Gasteiger partial charge in [-0.05, 0) is 37.1 Å². The van der Waals surface area contributed by atoms with Gasteiger partial charge in [-0.15, -0.1) is 0 Å². The van der Waals surface area contributed by atoms with Crippen LogP contribution in [0.1, 0.15) is 24.0 Å². The number of methoxy groups -OCH3 is 1. The lowest BCUT2D eigenvalue weighted by Crippen LogP contribution is -2.47. The van der Waals surface area contributed by atoms with Crippen LogP contribution in [0.4, 0.5) is 13.2 Å². The summed E-state index contributed by atoms with van der Waals surface area (Å²) in [5.74, 6) is -0.206. The molecule has 0 radical (unpaired) electrons. The largest absolute Gasteiger partial charge is 0.496 e. The SMILES string of the molecule is COc1cc(CC2(O)CCCNC2)ccc1C(F)(F)F. The van der Waals surface area contributed by atoms with Crippen molar-refractivity contribution in [2.75, 3.05) is 20.2 Å². The summed E-state index contributed by atoms with van der Waals surface area (Å²) in [6.07, 6.45) is -2.63. The highest BCUT2D eigenvalue weighted by molar-refractivity contribution is 5.40. The molecule has 2 N–H and O–H groups in total. The van der Waals surface area contributed by atoms with Crippen molar-refractivity contribution >= 4 is 0 Å². The number of ether oxygens (including phenoxy) is 1. The summed E-state index contributed by atoms with van der Waals surface area (Å²) in [5, 5.41) is 13.5. The van der Waals surface area contributed by atoms with E-state index in [-0.39, 0.29) is 5.75 Å². The maximum absolute atomic E-state index is 12.8. The zero-order chi connectivity index (χ0) is 14.8. The summed E-state index contributed by atoms with van der Waals surface area (Å²) in [6, 6.07) is 3.76. The van der Waals surface area contributed by atoms with Crippen molar-refractivity contribution in [3.8, 4) is 5.75 Å². The van der Waals surface area contributed by atoms with Gasteiger partial charge in [-0.3, -0.25) is 0 Å². The van der Waals surface area contributed by atoms with Gasteiger partial charge in [0.2, 0.25) is 0 Å². The Morgan fingerprint density at radius 1 is 1.40 bits per heavy atom. The summed E-state index contributed by atoms with van der Waals surface area (Å²) >= 11 is 0. The highest BCUT2D eigenvalue weighted by atomic mass is 19.4. The second-order valence-electron chi connectivity index (χ2n) is 5.21. The average molecular weight is 289 g/mol. The van der Waals surface area contributed by atoms with Crippen LogP contribution >= 0.6 is 0 Å². The molecule has 0 aliphatic carbocycles. The van der Waals surface area contributed by atoms with E-state index >= 15 is 0 Å². The molecule has 3 nitrogen and oxygen atoms in total. The molecule has 1 atom stereocenters. The van der Waals surface area contributed by atoms with Gasteiger partial charge in [-0.1, -0.05) is 6.07 Å². The molecular weight excluding hydrogens is 271 g/mol. The van der Waals surface area contributed by atoms with Crippen molar-refractivity contribution in [2.24, 2.45) is 0 Å². The minimum absolute atomic E-state index is 0.206. The Bertz CT molecular complexity index is 468. The van der Waals surface area contributed by atoms with Gasteiger partial charge in [0.05, 0.1) is 18.3 Å². The number of piperidine rings is 1. The molecule has 2 rings (SSSR count). The maximum Gasteiger partial charge on any atom is 0.419 e. The molecule has 1 saturated heterocycles. The van der Waals surface area contributed by atoms with E-state index in [1.165, 1.54) is 19.2 Å². The Hall–Kier alpha value is -1.27. The Kier molecular flexibility index (Phi) is 4.25. The topological polar surface area (TPSA) is 41.5 Å². The van der Waals surface area contributed by atoms with Crippen molar-refractivity contribution in [1.82, 2.24) is 5.32 Å². The Labute approximate surface area is 115 Å². The van der Waals surface area contributed by atoms with Crippen molar-refractivity contribution in [1.29, 1.82) is 0 Å². The number of hydrogen-bond acceptors (Lipinski definition) is 3. The zero-order valence-electron chi connectivity index (χ0n) is 11.3. The molecule has 1 fully saturated rings. The molecular formula is C14H18F3NO2. The van der Waals surface area contributed by atoms with E-state index < -0.39 is 17.3 Å². The summed E-state index contributed by atoms with van der Waals surface area (Å²) < 4.78 is 43.1. The van der Waals surface area contributed by atoms with Crippen molar-refractivity contribution < 1.29 is 23.0 Å². The Morgan fingerprint density at radius 3 is 2.70 bits per heavy atom. The minimum Gasteiger partial charge on any atom is -0.496 e. The third kappa shape index (κ3) is 3.43. The zero-order valence-corrected chi connectivity index (χ0v) is 11.3. The number of benzene rings is 1. The lowest BCUT2D eigenvalue weighted by atomic mass is 9.87. The van der Waals surface area contributed by atoms with Gasteiger partial charge < -0.3 is 15.2 Å². The number of rotatable bonds is 3. The molecule has 0 bridgehead atoms. The van der Waals surface area contributed by atoms with Crippen LogP contribution < -0.4 is 10.1 Å². The first-order chi connectivity index (χ1) is 9.34. The lowest BCUT2D eigenvalue weighted by molar-refractivity contribution is -0.138. The fraction of sp³-hybridized carbons (Fsp3) is 0.571. The van der Waals surface area contributed by atoms with Gasteiger partial charge in [0.1, 0.15) is 5.75 Å². The van der Waals surface area contributed by atoms with Crippen molar-refractivity contribution in [3.05, 3.63) is 29.3 Å². The van der Waals surface area contributed by atoms with Crippen LogP contribution in [-0.4, -0.2) is 30.9 Å². The van der Waals surface area contributed by atoms with E-state index in [0.717, 1.165) is 19.0 Å². The van der Waals surface area contributed by atoms with Crippen molar-refractivity contribution in [2.45, 2.75) is 31.0 Å². The van der Waals surface area contributed by atoms with E-state index in [0.29, 0.717) is 24.9 Å². The van der Waals surface area contributed by atoms with Crippen LogP contribution in [0.15, 0.2) is 18.2 Å². The Morgan fingerprint density at radius 2 is 2.15 bits per heavy atom. The number of halogens is 3. The summed E-state index contributed by atoms with van der Waals surface area (Å²) in [7, 11) is 1.21. The van der Waals surface area contributed by atoms with Gasteiger partial charge in [-0.25, -0.2) is 0 Å². The molecule has 20 heavy (non-hydrogen) atoms. The standard InChI is InChI=1S/C14H18F3NO2/c1-20-12-7-10(3-4-11(12)14(15,16)17)8-13(19)5-2-6-18-9-13/h3-4,7,18-19H,2,5-6,8-9H2,1H3. The fourth-order valence-corrected chi connectivity index (χ4v) is 2.56. The van der Waals surface area contributed by atoms with Crippen molar-refractivity contribution in [3.63, 3.8) is 0 Å². The molecule has 1 unspecified atom stereocenters. The van der Waals surface area contributed by atoms with E-state index in [9.17, 15) is 18.3 Å². The smallest absolute Gasteiger partial charge is 0.419 e. The predicted octanol–water partition coefficient (Wildman–Crippen LogP) is 2.37. The quantitative estimate of drug-likeness (QED) is 0.897. The van der Waals surface area contributed by atoms with Gasteiger partial charge in [0.25, 0.3) is 0 Å². The average Bonchev–Trinajstić information content (AvgIpc) is 2.37. The molecule has 0 spiro atoms. The van der Waals surface area contributed by atoms with Gasteiger partial charge in [0, 0.05) is 13.0 Å². The third-order valence-electron chi connectivity index (χ3n) is 3.55. The van der Waals surface area contributed by atoms with E-state index in [2.05, 4.69) is 5.32 Å². The molecule has 0 amide bonds. The highest BCUT2D eigenvalue weighted by Gasteiger charge is 2.35. The summed E-state index contributed by atoms with van der Waals surface area (Å²) in [4.78, 5) is 0. The fourth-order valence-electron chi connectivity index (χ4n) is 2.56. The number of hydrogen-bond donors (Lipinski definition) is 2. The molecule has 1 aliphatic heterocycles. The second kappa shape index (κ2) is 5.61. The molecule has 6 heteroatoms. The van der Waals surface area contributed by atoms with Gasteiger partial charge in [-0.2, -0.15) is 13.2 Å². The first-order valence-electron chi connectivity index (χ1n) is 6.51. The number of β-amino-alcohol motifs (C(OH)–C–C–N with tert-alkyl or cyclic N) is 1. The van der Waals surface area contributed by atoms with Gasteiger partial charge >= 0.3 is 6.18 Å². The van der Waals surface area contributed by atoms with Crippen LogP contribution in [-0.2, 0) is 12.6 Å². The van der Waals surface area contributed by atoms with Gasteiger partial charge in [0.15, 0.2) is 0 Å². The van der Waals surface area contributed by atoms with Crippen LogP contribution in [0.2, 0.25) is 0 Å². The van der Waals surface area contributed by atoms with E-state index in [1.54, 1.807) is 0 Å². The summed E-state index contributed by atoms with van der Waals surface area (Å²) in [5.41, 5.74) is -1.05. The van der Waals surface area contributed by atoms with Crippen LogP contribution in [0.5, 0.6) is 5.75 Å². The monoisotopic (exact) mass is 289 g/mol. The van der Waals surface area contributed by atoms with Crippen LogP contribution in [0.25, 0.3) is 0 Å². The van der Waals surface area contributed by atoms with Crippen LogP contribution in [0, 0.1) is 0 Å². The molecule has 0 saturated carbocycles. The van der Waals surface area contributed by atoms with E-state index in [1.807, 2.05) is 0 Å². The predicted molar refractivity (Wildman–Crippen MR) is 68.8 cm³/mol. The number of nitrogens with one attached hydrogen (secondary N) is 1. The van der Waals surface area contributed by atoms with Crippen LogP contribution in [0.3, 0.4) is 0 Å².